The first-order valence-corrected chi connectivity index (χ1v) is 8.53. The molecule has 1 aromatic heterocycles. The smallest absolute Gasteiger partial charge is 0.211 e. The average molecular weight is 321 g/mol. The molecule has 1 aliphatic heterocycles. The number of hydrogen-bond donors (Lipinski definition) is 0. The highest BCUT2D eigenvalue weighted by Gasteiger charge is 2.33. The summed E-state index contributed by atoms with van der Waals surface area (Å²) in [7, 11) is -3.64. The topological polar surface area (TPSA) is 66.8 Å². The van der Waals surface area contributed by atoms with Gasteiger partial charge >= 0.3 is 0 Å². The van der Waals surface area contributed by atoms with E-state index in [4.69, 9.17) is 11.6 Å². The van der Waals surface area contributed by atoms with Gasteiger partial charge in [-0.3, -0.25) is 0 Å². The minimum absolute atomic E-state index is 0.186. The zero-order valence-electron chi connectivity index (χ0n) is 10.1. The summed E-state index contributed by atoms with van der Waals surface area (Å²) >= 11 is 6.80. The second-order valence-corrected chi connectivity index (χ2v) is 8.06. The standard InChI is InChI=1S/C11H13ClN2O3S2/c12-9-5-6-11(18-9)19(16,17)14-7-3-1-2-4-10(14)13-8-15/h5-6,10H,1-4,7H2. The van der Waals surface area contributed by atoms with Crippen LogP contribution in [0.25, 0.3) is 0 Å². The number of hydrogen-bond acceptors (Lipinski definition) is 5. The number of rotatable bonds is 3. The van der Waals surface area contributed by atoms with Crippen molar-refractivity contribution in [3.05, 3.63) is 16.5 Å². The van der Waals surface area contributed by atoms with E-state index in [0.717, 1.165) is 30.6 Å². The third-order valence-corrected chi connectivity index (χ3v) is 6.58. The molecule has 8 heteroatoms. The molecule has 5 nitrogen and oxygen atoms in total. The number of thiophene rings is 1. The van der Waals surface area contributed by atoms with Gasteiger partial charge in [-0.05, 0) is 31.4 Å². The third kappa shape index (κ3) is 3.24. The van der Waals surface area contributed by atoms with Gasteiger partial charge in [-0.2, -0.15) is 9.30 Å². The van der Waals surface area contributed by atoms with Gasteiger partial charge in [-0.15, -0.1) is 11.3 Å². The van der Waals surface area contributed by atoms with Gasteiger partial charge in [-0.25, -0.2) is 13.2 Å². The van der Waals surface area contributed by atoms with E-state index in [0.29, 0.717) is 17.3 Å². The van der Waals surface area contributed by atoms with Crippen LogP contribution in [-0.4, -0.2) is 31.5 Å². The Labute approximate surface area is 121 Å². The molecule has 1 unspecified atom stereocenters. The van der Waals surface area contributed by atoms with E-state index in [9.17, 15) is 13.2 Å². The van der Waals surface area contributed by atoms with Crippen molar-refractivity contribution >= 4 is 39.0 Å². The van der Waals surface area contributed by atoms with Crippen molar-refractivity contribution in [3.63, 3.8) is 0 Å². The molecule has 0 spiro atoms. The van der Waals surface area contributed by atoms with Crippen molar-refractivity contribution in [2.75, 3.05) is 6.54 Å². The van der Waals surface area contributed by atoms with E-state index >= 15 is 0 Å². The molecule has 1 aliphatic rings. The number of isocyanates is 1. The monoisotopic (exact) mass is 320 g/mol. The first-order chi connectivity index (χ1) is 9.05. The zero-order chi connectivity index (χ0) is 13.9. The lowest BCUT2D eigenvalue weighted by atomic mass is 10.2. The molecule has 0 radical (unpaired) electrons. The second-order valence-electron chi connectivity index (χ2n) is 4.22. The molecule has 0 N–H and O–H groups in total. The molecule has 0 bridgehead atoms. The van der Waals surface area contributed by atoms with Crippen LogP contribution in [0.1, 0.15) is 25.7 Å². The normalized spacial score (nSPS) is 21.6. The van der Waals surface area contributed by atoms with Crippen molar-refractivity contribution in [3.8, 4) is 0 Å². The summed E-state index contributed by atoms with van der Waals surface area (Å²) in [6.45, 7) is 0.369. The summed E-state index contributed by atoms with van der Waals surface area (Å²) in [6, 6.07) is 3.03. The Balaban J connectivity index is 2.37. The van der Waals surface area contributed by atoms with Crippen LogP contribution in [0.5, 0.6) is 0 Å². The average Bonchev–Trinajstić information content (AvgIpc) is 2.67. The highest BCUT2D eigenvalue weighted by Crippen LogP contribution is 2.31. The molecular weight excluding hydrogens is 308 g/mol. The van der Waals surface area contributed by atoms with Gasteiger partial charge in [0.25, 0.3) is 10.0 Å². The molecule has 1 aromatic rings. The lowest BCUT2D eigenvalue weighted by Gasteiger charge is -2.24. The fourth-order valence-electron chi connectivity index (χ4n) is 2.09. The summed E-state index contributed by atoms with van der Waals surface area (Å²) in [4.78, 5) is 14.1. The molecule has 2 heterocycles. The van der Waals surface area contributed by atoms with Crippen molar-refractivity contribution in [2.24, 2.45) is 4.99 Å². The van der Waals surface area contributed by atoms with E-state index in [1.54, 1.807) is 6.07 Å². The molecule has 1 fully saturated rings. The van der Waals surface area contributed by atoms with Crippen LogP contribution in [0, 0.1) is 0 Å². The first kappa shape index (κ1) is 14.7. The third-order valence-electron chi connectivity index (χ3n) is 2.99. The SMILES string of the molecule is O=C=NC1CCCCCN1S(=O)(=O)c1ccc(Cl)s1. The molecule has 0 aromatic carbocycles. The summed E-state index contributed by atoms with van der Waals surface area (Å²) < 4.78 is 26.9. The van der Waals surface area contributed by atoms with Gasteiger partial charge in [0, 0.05) is 6.54 Å². The quantitative estimate of drug-likeness (QED) is 0.635. The van der Waals surface area contributed by atoms with Crippen molar-refractivity contribution in [1.82, 2.24) is 4.31 Å². The van der Waals surface area contributed by atoms with Crippen LogP contribution in [0.15, 0.2) is 21.3 Å². The van der Waals surface area contributed by atoms with Gasteiger partial charge in [0.15, 0.2) is 0 Å². The van der Waals surface area contributed by atoms with Crippen LogP contribution in [0.4, 0.5) is 0 Å². The zero-order valence-corrected chi connectivity index (χ0v) is 12.5. The predicted octanol–water partition coefficient (Wildman–Crippen LogP) is 2.63. The molecule has 0 amide bonds. The van der Waals surface area contributed by atoms with E-state index in [2.05, 4.69) is 4.99 Å². The highest BCUT2D eigenvalue weighted by atomic mass is 35.5. The molecule has 104 valence electrons. The molecular formula is C11H13ClN2O3S2. The van der Waals surface area contributed by atoms with Crippen LogP contribution >= 0.6 is 22.9 Å². The lowest BCUT2D eigenvalue weighted by molar-refractivity contribution is 0.331. The Bertz CT molecular complexity index is 593. The lowest BCUT2D eigenvalue weighted by Crippen LogP contribution is -2.38. The summed E-state index contributed by atoms with van der Waals surface area (Å²) in [5, 5.41) is 0. The van der Waals surface area contributed by atoms with E-state index in [1.165, 1.54) is 16.5 Å². The Kier molecular flexibility index (Phi) is 4.76. The van der Waals surface area contributed by atoms with Crippen molar-refractivity contribution in [2.45, 2.75) is 36.1 Å². The number of sulfonamides is 1. The Morgan fingerprint density at radius 3 is 2.79 bits per heavy atom. The second kappa shape index (κ2) is 6.15. The minimum atomic E-state index is -3.64. The molecule has 2 rings (SSSR count). The summed E-state index contributed by atoms with van der Waals surface area (Å²) in [5.41, 5.74) is 0. The van der Waals surface area contributed by atoms with Crippen LogP contribution < -0.4 is 0 Å². The number of aliphatic imine (C=N–C) groups is 1. The van der Waals surface area contributed by atoms with Gasteiger partial charge in [0.1, 0.15) is 10.4 Å². The largest absolute Gasteiger partial charge is 0.254 e. The molecule has 19 heavy (non-hydrogen) atoms. The van der Waals surface area contributed by atoms with E-state index < -0.39 is 16.2 Å². The molecule has 0 aliphatic carbocycles. The molecule has 1 atom stereocenters. The van der Waals surface area contributed by atoms with Crippen molar-refractivity contribution in [1.29, 1.82) is 0 Å². The summed E-state index contributed by atoms with van der Waals surface area (Å²) in [5.74, 6) is 0. The summed E-state index contributed by atoms with van der Waals surface area (Å²) in [6.07, 6.45) is 3.93. The van der Waals surface area contributed by atoms with Gasteiger partial charge in [-0.1, -0.05) is 18.0 Å². The van der Waals surface area contributed by atoms with E-state index in [-0.39, 0.29) is 4.21 Å². The maximum Gasteiger partial charge on any atom is 0.254 e. The molecule has 1 saturated heterocycles. The Hall–Kier alpha value is -0.720. The van der Waals surface area contributed by atoms with E-state index in [1.807, 2.05) is 0 Å². The van der Waals surface area contributed by atoms with Gasteiger partial charge in [0.05, 0.1) is 4.34 Å². The van der Waals surface area contributed by atoms with Crippen LogP contribution in [0.3, 0.4) is 0 Å². The van der Waals surface area contributed by atoms with Crippen LogP contribution in [0.2, 0.25) is 4.34 Å². The maximum absolute atomic E-state index is 12.5. The molecule has 0 saturated carbocycles. The number of halogens is 1. The van der Waals surface area contributed by atoms with Gasteiger partial charge < -0.3 is 0 Å². The fraction of sp³-hybridized carbons (Fsp3) is 0.545. The first-order valence-electron chi connectivity index (χ1n) is 5.90. The highest BCUT2D eigenvalue weighted by molar-refractivity contribution is 7.91. The maximum atomic E-state index is 12.5. The Morgan fingerprint density at radius 2 is 2.16 bits per heavy atom. The minimum Gasteiger partial charge on any atom is -0.211 e. The predicted molar refractivity (Wildman–Crippen MR) is 73.6 cm³/mol. The number of nitrogens with zero attached hydrogens (tertiary/aromatic N) is 2. The van der Waals surface area contributed by atoms with Crippen LogP contribution in [-0.2, 0) is 14.8 Å². The number of carbonyl (C=O) groups excluding carboxylic acids is 1. The fourth-order valence-corrected chi connectivity index (χ4v) is 5.29. The van der Waals surface area contributed by atoms with Gasteiger partial charge in [0.2, 0.25) is 6.08 Å². The van der Waals surface area contributed by atoms with Crippen molar-refractivity contribution < 1.29 is 13.2 Å². The Morgan fingerprint density at radius 1 is 1.37 bits per heavy atom.